The summed E-state index contributed by atoms with van der Waals surface area (Å²) in [7, 11) is 0. The zero-order valence-corrected chi connectivity index (χ0v) is 16.8. The van der Waals surface area contributed by atoms with Gasteiger partial charge in [0.15, 0.2) is 0 Å². The average molecular weight is 391 g/mol. The number of amides is 1. The third kappa shape index (κ3) is 4.07. The van der Waals surface area contributed by atoms with Gasteiger partial charge in [0, 0.05) is 31.1 Å². The summed E-state index contributed by atoms with van der Waals surface area (Å²) in [6.07, 6.45) is 4.61. The number of H-pyrrole nitrogens is 1. The van der Waals surface area contributed by atoms with E-state index < -0.39 is 6.10 Å². The predicted molar refractivity (Wildman–Crippen MR) is 112 cm³/mol. The van der Waals surface area contributed by atoms with Crippen LogP contribution >= 0.6 is 0 Å². The number of hydrogen-bond donors (Lipinski definition) is 1. The Bertz CT molecular complexity index is 1090. The fourth-order valence-electron chi connectivity index (χ4n) is 3.79. The number of aryl methyl sites for hydroxylation is 2. The lowest BCUT2D eigenvalue weighted by atomic mass is 10.0. The summed E-state index contributed by atoms with van der Waals surface area (Å²) in [5.74, 6) is -0.0778. The van der Waals surface area contributed by atoms with E-state index in [1.807, 2.05) is 44.2 Å². The molecule has 1 saturated heterocycles. The van der Waals surface area contributed by atoms with Gasteiger partial charge < -0.3 is 14.6 Å². The van der Waals surface area contributed by atoms with Crippen molar-refractivity contribution in [1.82, 2.24) is 14.9 Å². The highest BCUT2D eigenvalue weighted by molar-refractivity contribution is 5.84. The molecule has 1 amide bonds. The minimum atomic E-state index is -0.434. The lowest BCUT2D eigenvalue weighted by Crippen LogP contribution is -2.39. The molecule has 1 aliphatic rings. The topological polar surface area (TPSA) is 75.3 Å². The number of hydrogen-bond acceptors (Lipinski definition) is 4. The van der Waals surface area contributed by atoms with Gasteiger partial charge in [0.1, 0.15) is 6.10 Å². The summed E-state index contributed by atoms with van der Waals surface area (Å²) in [4.78, 5) is 34.7. The molecule has 29 heavy (non-hydrogen) atoms. The highest BCUT2D eigenvalue weighted by Gasteiger charge is 2.29. The van der Waals surface area contributed by atoms with E-state index in [4.69, 9.17) is 4.74 Å². The van der Waals surface area contributed by atoms with Crippen molar-refractivity contribution in [3.05, 3.63) is 75.3 Å². The molecule has 1 fully saturated rings. The lowest BCUT2D eigenvalue weighted by molar-refractivity contribution is -0.142. The largest absolute Gasteiger partial charge is 0.368 e. The zero-order valence-electron chi connectivity index (χ0n) is 16.8. The second kappa shape index (κ2) is 8.17. The summed E-state index contributed by atoms with van der Waals surface area (Å²) < 4.78 is 5.61. The van der Waals surface area contributed by atoms with Crippen LogP contribution in [0.4, 0.5) is 0 Å². The minimum absolute atomic E-state index is 0.0778. The molecular formula is C23H25N3O3. The maximum Gasteiger partial charge on any atom is 0.253 e. The van der Waals surface area contributed by atoms with Crippen LogP contribution in [0.2, 0.25) is 0 Å². The fraction of sp³-hybridized carbons (Fsp3) is 0.348. The van der Waals surface area contributed by atoms with Crippen LogP contribution in [0.3, 0.4) is 0 Å². The summed E-state index contributed by atoms with van der Waals surface area (Å²) in [5.41, 5.74) is 4.37. The average Bonchev–Trinajstić information content (AvgIpc) is 3.26. The Balaban J connectivity index is 1.67. The third-order valence-electron chi connectivity index (χ3n) is 5.60. The number of nitrogens with one attached hydrogen (secondary N) is 1. The van der Waals surface area contributed by atoms with E-state index in [0.29, 0.717) is 18.7 Å². The van der Waals surface area contributed by atoms with E-state index in [-0.39, 0.29) is 18.0 Å². The highest BCUT2D eigenvalue weighted by Crippen LogP contribution is 2.21. The number of fused-ring (bicyclic) bond motifs is 1. The molecule has 3 heterocycles. The van der Waals surface area contributed by atoms with E-state index in [0.717, 1.165) is 40.4 Å². The molecule has 0 bridgehead atoms. The molecule has 6 nitrogen and oxygen atoms in total. The van der Waals surface area contributed by atoms with E-state index in [2.05, 4.69) is 9.97 Å². The molecule has 1 atom stereocenters. The zero-order chi connectivity index (χ0) is 20.4. The Morgan fingerprint density at radius 3 is 2.86 bits per heavy atom. The smallest absolute Gasteiger partial charge is 0.253 e. The number of carbonyl (C=O) groups is 1. The molecular weight excluding hydrogens is 366 g/mol. The number of aromatic amines is 1. The molecule has 150 valence electrons. The van der Waals surface area contributed by atoms with Crippen molar-refractivity contribution in [2.75, 3.05) is 6.61 Å². The highest BCUT2D eigenvalue weighted by atomic mass is 16.5. The molecule has 1 unspecified atom stereocenters. The van der Waals surface area contributed by atoms with Crippen molar-refractivity contribution in [2.24, 2.45) is 0 Å². The standard InChI is InChI=1S/C23H25N3O3/c1-15-7-8-18-11-19(22(27)25-21(18)16(15)2)14-26(13-17-5-3-9-24-12-17)23(28)20-6-4-10-29-20/h3,5,7-9,11-12,20H,4,6,10,13-14H2,1-2H3,(H,25,27). The summed E-state index contributed by atoms with van der Waals surface area (Å²) >= 11 is 0. The van der Waals surface area contributed by atoms with E-state index in [1.54, 1.807) is 17.3 Å². The first-order valence-corrected chi connectivity index (χ1v) is 9.94. The van der Waals surface area contributed by atoms with Crippen molar-refractivity contribution in [2.45, 2.75) is 45.9 Å². The molecule has 4 rings (SSSR count). The Hall–Kier alpha value is -2.99. The van der Waals surface area contributed by atoms with E-state index in [1.165, 1.54) is 0 Å². The van der Waals surface area contributed by atoms with Crippen molar-refractivity contribution >= 4 is 16.8 Å². The second-order valence-corrected chi connectivity index (χ2v) is 7.65. The predicted octanol–water partition coefficient (Wildman–Crippen LogP) is 3.25. The number of carbonyl (C=O) groups excluding carboxylic acids is 1. The number of ether oxygens (including phenoxy) is 1. The fourth-order valence-corrected chi connectivity index (χ4v) is 3.79. The monoisotopic (exact) mass is 391 g/mol. The van der Waals surface area contributed by atoms with Gasteiger partial charge in [-0.15, -0.1) is 0 Å². The van der Waals surface area contributed by atoms with E-state index in [9.17, 15) is 9.59 Å². The van der Waals surface area contributed by atoms with Gasteiger partial charge in [0.05, 0.1) is 12.1 Å². The van der Waals surface area contributed by atoms with Crippen LogP contribution < -0.4 is 5.56 Å². The molecule has 1 aromatic carbocycles. The maximum absolute atomic E-state index is 13.1. The number of rotatable bonds is 5. The molecule has 1 aliphatic heterocycles. The number of nitrogens with zero attached hydrogens (tertiary/aromatic N) is 2. The summed E-state index contributed by atoms with van der Waals surface area (Å²) in [6.45, 7) is 5.24. The number of benzene rings is 1. The quantitative estimate of drug-likeness (QED) is 0.724. The van der Waals surface area contributed by atoms with Crippen molar-refractivity contribution in [3.63, 3.8) is 0 Å². The first-order valence-electron chi connectivity index (χ1n) is 9.94. The molecule has 3 aromatic rings. The Kier molecular flexibility index (Phi) is 5.45. The Morgan fingerprint density at radius 1 is 1.28 bits per heavy atom. The molecule has 0 saturated carbocycles. The third-order valence-corrected chi connectivity index (χ3v) is 5.60. The molecule has 0 radical (unpaired) electrons. The van der Waals surface area contributed by atoms with Gasteiger partial charge in [0.2, 0.25) is 0 Å². The van der Waals surface area contributed by atoms with Crippen LogP contribution in [0.5, 0.6) is 0 Å². The van der Waals surface area contributed by atoms with Crippen LogP contribution in [0.25, 0.3) is 10.9 Å². The van der Waals surface area contributed by atoms with Gasteiger partial charge >= 0.3 is 0 Å². The van der Waals surface area contributed by atoms with E-state index >= 15 is 0 Å². The molecule has 2 aromatic heterocycles. The molecule has 6 heteroatoms. The van der Waals surface area contributed by atoms with Crippen LogP contribution in [-0.2, 0) is 22.6 Å². The van der Waals surface area contributed by atoms with Crippen molar-refractivity contribution < 1.29 is 9.53 Å². The van der Waals surface area contributed by atoms with Gasteiger partial charge in [-0.05, 0) is 60.9 Å². The lowest BCUT2D eigenvalue weighted by Gasteiger charge is -2.25. The SMILES string of the molecule is Cc1ccc2cc(CN(Cc3cccnc3)C(=O)C3CCCO3)c(=O)[nH]c2c1C. The van der Waals surface area contributed by atoms with Gasteiger partial charge in [-0.2, -0.15) is 0 Å². The normalized spacial score (nSPS) is 16.3. The van der Waals surface area contributed by atoms with Gasteiger partial charge in [0.25, 0.3) is 11.5 Å². The first-order chi connectivity index (χ1) is 14.0. The number of aromatic nitrogens is 2. The van der Waals surface area contributed by atoms with Crippen LogP contribution in [0.15, 0.2) is 47.5 Å². The van der Waals surface area contributed by atoms with Crippen molar-refractivity contribution in [1.29, 1.82) is 0 Å². The Morgan fingerprint density at radius 2 is 2.14 bits per heavy atom. The maximum atomic E-state index is 13.1. The first kappa shape index (κ1) is 19.3. The second-order valence-electron chi connectivity index (χ2n) is 7.65. The van der Waals surface area contributed by atoms with Crippen LogP contribution in [0, 0.1) is 13.8 Å². The minimum Gasteiger partial charge on any atom is -0.368 e. The van der Waals surface area contributed by atoms with Gasteiger partial charge in [-0.25, -0.2) is 0 Å². The van der Waals surface area contributed by atoms with Crippen molar-refractivity contribution in [3.8, 4) is 0 Å². The summed E-state index contributed by atoms with van der Waals surface area (Å²) in [5, 5.41) is 0.966. The molecule has 0 aliphatic carbocycles. The van der Waals surface area contributed by atoms with Crippen LogP contribution in [-0.4, -0.2) is 33.5 Å². The van der Waals surface area contributed by atoms with Crippen LogP contribution in [0.1, 0.15) is 35.1 Å². The summed E-state index contributed by atoms with van der Waals surface area (Å²) in [6, 6.07) is 9.71. The molecule has 1 N–H and O–H groups in total. The molecule has 0 spiro atoms. The number of pyridine rings is 2. The van der Waals surface area contributed by atoms with Gasteiger partial charge in [-0.3, -0.25) is 14.6 Å². The Labute approximate surface area is 169 Å². The van der Waals surface area contributed by atoms with Gasteiger partial charge in [-0.1, -0.05) is 18.2 Å².